The number of nitrogens with zero attached hydrogens (tertiary/aromatic N) is 2. The predicted octanol–water partition coefficient (Wildman–Crippen LogP) is 4.45. The number of aromatic nitrogens is 2. The van der Waals surface area contributed by atoms with E-state index in [1.165, 1.54) is 12.1 Å². The molecule has 0 atom stereocenters. The molecule has 2 N–H and O–H groups in total. The Kier molecular flexibility index (Phi) is 6.72. The lowest BCUT2D eigenvalue weighted by atomic mass is 10.1. The lowest BCUT2D eigenvalue weighted by Crippen LogP contribution is -2.21. The number of carbonyl (C=O) groups is 2. The van der Waals surface area contributed by atoms with Crippen molar-refractivity contribution in [2.45, 2.75) is 19.9 Å². The van der Waals surface area contributed by atoms with Gasteiger partial charge >= 0.3 is 5.97 Å². The number of hydrogen-bond donors (Lipinski definition) is 2. The summed E-state index contributed by atoms with van der Waals surface area (Å²) in [6, 6.07) is 12.2. The summed E-state index contributed by atoms with van der Waals surface area (Å²) in [5, 5.41) is 10.3. The number of carbonyl (C=O) groups excluding carboxylic acids is 1. The number of allylic oxidation sites excluding steroid dienone is 1. The molecule has 174 valence electrons. The van der Waals surface area contributed by atoms with Crippen LogP contribution in [0.3, 0.4) is 0 Å². The van der Waals surface area contributed by atoms with E-state index in [4.69, 9.17) is 33.0 Å². The smallest absolute Gasteiger partial charge is 0.349 e. The molecule has 0 radical (unpaired) electrons. The molecule has 10 heteroatoms. The second kappa shape index (κ2) is 9.70. The van der Waals surface area contributed by atoms with Crippen LogP contribution in [0.25, 0.3) is 22.6 Å². The van der Waals surface area contributed by atoms with E-state index in [-0.39, 0.29) is 11.2 Å². The second-order valence-electron chi connectivity index (χ2n) is 7.40. The second-order valence-corrected chi connectivity index (χ2v) is 8.16. The Balaban J connectivity index is 1.73. The molecule has 0 saturated carbocycles. The molecule has 1 aliphatic heterocycles. The molecule has 8 nitrogen and oxygen atoms in total. The van der Waals surface area contributed by atoms with Gasteiger partial charge in [-0.2, -0.15) is 0 Å². The van der Waals surface area contributed by atoms with Crippen LogP contribution in [-0.2, 0) is 16.1 Å². The highest BCUT2D eigenvalue weighted by atomic mass is 35.5. The number of rotatable bonds is 6. The van der Waals surface area contributed by atoms with Gasteiger partial charge in [0, 0.05) is 17.8 Å². The maximum absolute atomic E-state index is 13.1. The van der Waals surface area contributed by atoms with Gasteiger partial charge in [-0.15, -0.1) is 0 Å². The number of benzene rings is 2. The van der Waals surface area contributed by atoms with Gasteiger partial charge in [0.15, 0.2) is 0 Å². The summed E-state index contributed by atoms with van der Waals surface area (Å²) >= 11 is 11.3. The van der Waals surface area contributed by atoms with E-state index in [9.17, 15) is 14.4 Å². The van der Waals surface area contributed by atoms with E-state index < -0.39 is 21.9 Å². The first-order chi connectivity index (χ1) is 16.3. The largest absolute Gasteiger partial charge is 0.493 e. The molecule has 3 aromatic rings. The molecule has 1 aromatic heterocycles. The van der Waals surface area contributed by atoms with Crippen LogP contribution in [0.1, 0.15) is 24.7 Å². The van der Waals surface area contributed by atoms with Gasteiger partial charge in [0.05, 0.1) is 17.5 Å². The molecule has 2 heterocycles. The average Bonchev–Trinajstić information content (AvgIpc) is 3.22. The third kappa shape index (κ3) is 4.55. The molecule has 0 bridgehead atoms. The number of nitrogens with one attached hydrogen (secondary N) is 1. The molecule has 0 unspecified atom stereocenters. The van der Waals surface area contributed by atoms with Crippen molar-refractivity contribution in [1.29, 1.82) is 0 Å². The Bertz CT molecular complexity index is 1440. The SMILES string of the molecule is CCOc1ccccc1C=C1CCn2c1nc1cc(NC(=O)/C(Cl)=C(/Cl)C(=O)O)ccc1c2=O. The Morgan fingerprint density at radius 3 is 2.71 bits per heavy atom. The van der Waals surface area contributed by atoms with Crippen LogP contribution in [0.15, 0.2) is 57.3 Å². The van der Waals surface area contributed by atoms with Gasteiger partial charge in [0.2, 0.25) is 0 Å². The highest BCUT2D eigenvalue weighted by molar-refractivity contribution is 6.54. The number of halogens is 2. The summed E-state index contributed by atoms with van der Waals surface area (Å²) < 4.78 is 7.33. The number of carboxylic acids is 1. The molecular formula is C24H19Cl2N3O5. The normalized spacial score (nSPS) is 14.6. The van der Waals surface area contributed by atoms with Crippen LogP contribution in [-0.4, -0.2) is 33.1 Å². The van der Waals surface area contributed by atoms with Gasteiger partial charge in [-0.1, -0.05) is 41.4 Å². The molecule has 1 amide bonds. The zero-order valence-corrected chi connectivity index (χ0v) is 19.5. The van der Waals surface area contributed by atoms with E-state index in [0.717, 1.165) is 16.9 Å². The number of anilines is 1. The molecule has 4 rings (SSSR count). The summed E-state index contributed by atoms with van der Waals surface area (Å²) in [4.78, 5) is 40.9. The highest BCUT2D eigenvalue weighted by Gasteiger charge is 2.22. The van der Waals surface area contributed by atoms with Gasteiger partial charge < -0.3 is 15.2 Å². The minimum atomic E-state index is -1.52. The molecule has 34 heavy (non-hydrogen) atoms. The third-order valence-corrected chi connectivity index (χ3v) is 6.04. The van der Waals surface area contributed by atoms with Crippen molar-refractivity contribution < 1.29 is 19.4 Å². The molecule has 0 saturated heterocycles. The predicted molar refractivity (Wildman–Crippen MR) is 131 cm³/mol. The standard InChI is InChI=1S/C24H19Cl2N3O5/c1-2-34-18-6-4-3-5-13(18)11-14-9-10-29-21(14)28-17-12-15(7-8-16(17)23(29)31)27-22(30)19(25)20(26)24(32)33/h3-8,11-12H,2,9-10H2,1H3,(H,27,30)(H,32,33)/b14-11?,20-19-. The quantitative estimate of drug-likeness (QED) is 0.484. The number of hydrogen-bond acceptors (Lipinski definition) is 5. The Morgan fingerprint density at radius 1 is 1.21 bits per heavy atom. The fraction of sp³-hybridized carbons (Fsp3) is 0.167. The highest BCUT2D eigenvalue weighted by Crippen LogP contribution is 2.31. The van der Waals surface area contributed by atoms with Crippen LogP contribution in [0, 0.1) is 0 Å². The minimum Gasteiger partial charge on any atom is -0.493 e. The average molecular weight is 500 g/mol. The van der Waals surface area contributed by atoms with E-state index in [2.05, 4.69) is 10.3 Å². The Hall–Kier alpha value is -3.62. The maximum Gasteiger partial charge on any atom is 0.349 e. The minimum absolute atomic E-state index is 0.189. The first-order valence-electron chi connectivity index (χ1n) is 10.4. The van der Waals surface area contributed by atoms with Crippen LogP contribution in [0.5, 0.6) is 5.75 Å². The molecule has 0 spiro atoms. The van der Waals surface area contributed by atoms with E-state index in [1.807, 2.05) is 37.3 Å². The number of carboxylic acid groups (broad SMARTS) is 1. The van der Waals surface area contributed by atoms with E-state index in [1.54, 1.807) is 10.6 Å². The van der Waals surface area contributed by atoms with Crippen molar-refractivity contribution in [2.24, 2.45) is 0 Å². The summed E-state index contributed by atoms with van der Waals surface area (Å²) in [5.74, 6) is -1.12. The van der Waals surface area contributed by atoms with Crippen molar-refractivity contribution in [3.63, 3.8) is 0 Å². The molecule has 0 fully saturated rings. The van der Waals surface area contributed by atoms with Crippen LogP contribution in [0.4, 0.5) is 5.69 Å². The monoisotopic (exact) mass is 499 g/mol. The van der Waals surface area contributed by atoms with Crippen molar-refractivity contribution in [1.82, 2.24) is 9.55 Å². The lowest BCUT2D eigenvalue weighted by molar-refractivity contribution is -0.132. The summed E-state index contributed by atoms with van der Waals surface area (Å²) in [5.41, 5.74) is 2.25. The zero-order chi connectivity index (χ0) is 24.4. The van der Waals surface area contributed by atoms with Gasteiger partial charge in [0.25, 0.3) is 11.5 Å². The molecule has 0 aliphatic carbocycles. The number of ether oxygens (including phenoxy) is 1. The van der Waals surface area contributed by atoms with Crippen LogP contribution in [0.2, 0.25) is 0 Å². The van der Waals surface area contributed by atoms with Crippen LogP contribution >= 0.6 is 23.2 Å². The molecule has 2 aromatic carbocycles. The number of aliphatic carboxylic acids is 1. The van der Waals surface area contributed by atoms with Crippen molar-refractivity contribution in [3.8, 4) is 5.75 Å². The Morgan fingerprint density at radius 2 is 1.97 bits per heavy atom. The van der Waals surface area contributed by atoms with Gasteiger partial charge in [-0.05, 0) is 49.3 Å². The number of para-hydroxylation sites is 1. The molecular weight excluding hydrogens is 481 g/mol. The van der Waals surface area contributed by atoms with Crippen molar-refractivity contribution >= 4 is 63.3 Å². The van der Waals surface area contributed by atoms with Gasteiger partial charge in [-0.3, -0.25) is 14.2 Å². The summed E-state index contributed by atoms with van der Waals surface area (Å²) in [6.45, 7) is 2.95. The van der Waals surface area contributed by atoms with Gasteiger partial charge in [-0.25, -0.2) is 9.78 Å². The van der Waals surface area contributed by atoms with E-state index in [0.29, 0.717) is 36.3 Å². The first-order valence-corrected chi connectivity index (χ1v) is 11.1. The van der Waals surface area contributed by atoms with Crippen molar-refractivity contribution in [2.75, 3.05) is 11.9 Å². The third-order valence-electron chi connectivity index (χ3n) is 5.23. The van der Waals surface area contributed by atoms with Gasteiger partial charge in [0.1, 0.15) is 21.6 Å². The lowest BCUT2D eigenvalue weighted by Gasteiger charge is -2.10. The number of fused-ring (bicyclic) bond motifs is 2. The maximum atomic E-state index is 13.1. The Labute approximate surface area is 204 Å². The fourth-order valence-corrected chi connectivity index (χ4v) is 3.90. The summed E-state index contributed by atoms with van der Waals surface area (Å²) in [6.07, 6.45) is 2.60. The fourth-order valence-electron chi connectivity index (χ4n) is 3.69. The first kappa shape index (κ1) is 23.5. The number of amides is 1. The topological polar surface area (TPSA) is 111 Å². The van der Waals surface area contributed by atoms with Crippen LogP contribution < -0.4 is 15.6 Å². The molecule has 1 aliphatic rings. The zero-order valence-electron chi connectivity index (χ0n) is 18.0. The summed E-state index contributed by atoms with van der Waals surface area (Å²) in [7, 11) is 0. The van der Waals surface area contributed by atoms with Crippen molar-refractivity contribution in [3.05, 3.63) is 74.3 Å². The van der Waals surface area contributed by atoms with E-state index >= 15 is 0 Å².